The summed E-state index contributed by atoms with van der Waals surface area (Å²) in [4.78, 5) is 16.7. The molecule has 0 saturated heterocycles. The minimum Gasteiger partial charge on any atom is -0.310 e. The minimum absolute atomic E-state index is 0.151. The predicted molar refractivity (Wildman–Crippen MR) is 111 cm³/mol. The molecule has 4 rings (SSSR count). The first-order valence-corrected chi connectivity index (χ1v) is 9.17. The molecule has 28 heavy (non-hydrogen) atoms. The van der Waals surface area contributed by atoms with Crippen molar-refractivity contribution in [2.45, 2.75) is 6.42 Å². The smallest absolute Gasteiger partial charge is 0.230 e. The molecule has 5 nitrogen and oxygen atoms in total. The molecule has 1 N–H and O–H groups in total. The lowest BCUT2D eigenvalue weighted by molar-refractivity contribution is -0.115. The van der Waals surface area contributed by atoms with E-state index in [9.17, 15) is 4.79 Å². The van der Waals surface area contributed by atoms with Gasteiger partial charge in [0.2, 0.25) is 5.91 Å². The highest BCUT2D eigenvalue weighted by molar-refractivity contribution is 6.30. The van der Waals surface area contributed by atoms with E-state index in [0.29, 0.717) is 10.8 Å². The predicted octanol–water partition coefficient (Wildman–Crippen LogP) is 4.77. The van der Waals surface area contributed by atoms with Gasteiger partial charge in [-0.15, -0.1) is 0 Å². The Hall–Kier alpha value is -3.44. The van der Waals surface area contributed by atoms with E-state index >= 15 is 0 Å². The number of carbonyl (C=O) groups excluding carboxylic acids is 1. The van der Waals surface area contributed by atoms with Crippen molar-refractivity contribution in [1.82, 2.24) is 14.8 Å². The minimum atomic E-state index is -0.151. The van der Waals surface area contributed by atoms with Crippen molar-refractivity contribution in [1.29, 1.82) is 0 Å². The number of nitrogens with zero attached hydrogens (tertiary/aromatic N) is 3. The highest BCUT2D eigenvalue weighted by atomic mass is 35.5. The van der Waals surface area contributed by atoms with Crippen LogP contribution in [0.15, 0.2) is 85.2 Å². The van der Waals surface area contributed by atoms with E-state index in [1.165, 1.54) is 0 Å². The molecular formula is C22H17ClN4O. The number of carbonyl (C=O) groups is 1. The van der Waals surface area contributed by atoms with Crippen molar-refractivity contribution in [3.05, 3.63) is 95.8 Å². The van der Waals surface area contributed by atoms with Gasteiger partial charge in [-0.05, 0) is 36.4 Å². The highest BCUT2D eigenvalue weighted by Crippen LogP contribution is 2.26. The van der Waals surface area contributed by atoms with Gasteiger partial charge in [0, 0.05) is 28.5 Å². The molecule has 138 valence electrons. The van der Waals surface area contributed by atoms with Crippen LogP contribution >= 0.6 is 11.6 Å². The first kappa shape index (κ1) is 17.9. The van der Waals surface area contributed by atoms with Crippen LogP contribution in [0.4, 0.5) is 5.82 Å². The van der Waals surface area contributed by atoms with Gasteiger partial charge in [-0.3, -0.25) is 4.79 Å². The summed E-state index contributed by atoms with van der Waals surface area (Å²) < 4.78 is 1.79. The summed E-state index contributed by atoms with van der Waals surface area (Å²) in [5.41, 5.74) is 3.39. The second-order valence-corrected chi connectivity index (χ2v) is 6.67. The highest BCUT2D eigenvalue weighted by Gasteiger charge is 2.16. The number of anilines is 1. The van der Waals surface area contributed by atoms with E-state index in [1.54, 1.807) is 23.0 Å². The van der Waals surface area contributed by atoms with Crippen LogP contribution in [0.1, 0.15) is 5.56 Å². The molecule has 1 amide bonds. The van der Waals surface area contributed by atoms with Crippen LogP contribution in [0, 0.1) is 0 Å². The van der Waals surface area contributed by atoms with Gasteiger partial charge in [-0.1, -0.05) is 48.0 Å². The Kier molecular flexibility index (Phi) is 5.17. The van der Waals surface area contributed by atoms with Gasteiger partial charge in [-0.25, -0.2) is 9.67 Å². The van der Waals surface area contributed by atoms with Gasteiger partial charge >= 0.3 is 0 Å². The van der Waals surface area contributed by atoms with E-state index in [1.807, 2.05) is 66.9 Å². The van der Waals surface area contributed by atoms with Gasteiger partial charge in [0.1, 0.15) is 5.82 Å². The molecule has 0 spiro atoms. The molecule has 0 bridgehead atoms. The van der Waals surface area contributed by atoms with Crippen molar-refractivity contribution in [2.24, 2.45) is 0 Å². The number of hydrogen-bond donors (Lipinski definition) is 1. The van der Waals surface area contributed by atoms with Crippen LogP contribution in [0.2, 0.25) is 5.02 Å². The summed E-state index contributed by atoms with van der Waals surface area (Å²) >= 11 is 6.02. The molecule has 0 saturated carbocycles. The molecule has 2 aromatic heterocycles. The third-order valence-electron chi connectivity index (χ3n) is 4.21. The third-order valence-corrected chi connectivity index (χ3v) is 4.46. The second-order valence-electron chi connectivity index (χ2n) is 6.23. The monoisotopic (exact) mass is 388 g/mol. The number of pyridine rings is 1. The number of benzene rings is 2. The molecule has 0 unspecified atom stereocenters. The van der Waals surface area contributed by atoms with Gasteiger partial charge in [0.05, 0.1) is 17.8 Å². The summed E-state index contributed by atoms with van der Waals surface area (Å²) in [6.45, 7) is 0. The fourth-order valence-electron chi connectivity index (χ4n) is 2.90. The van der Waals surface area contributed by atoms with Crippen molar-refractivity contribution >= 4 is 23.3 Å². The number of halogens is 1. The lowest BCUT2D eigenvalue weighted by Crippen LogP contribution is -2.15. The maximum atomic E-state index is 12.6. The maximum absolute atomic E-state index is 12.6. The Bertz CT molecular complexity index is 1080. The Morgan fingerprint density at radius 3 is 2.43 bits per heavy atom. The molecule has 4 aromatic rings. The van der Waals surface area contributed by atoms with Crippen molar-refractivity contribution in [3.63, 3.8) is 0 Å². The number of nitrogens with one attached hydrogen (secondary N) is 1. The van der Waals surface area contributed by atoms with E-state index in [-0.39, 0.29) is 12.3 Å². The molecule has 2 aromatic carbocycles. The summed E-state index contributed by atoms with van der Waals surface area (Å²) in [5.74, 6) is 0.373. The van der Waals surface area contributed by atoms with E-state index in [0.717, 1.165) is 22.5 Å². The van der Waals surface area contributed by atoms with Gasteiger partial charge in [0.25, 0.3) is 0 Å². The zero-order chi connectivity index (χ0) is 19.3. The third kappa shape index (κ3) is 4.10. The quantitative estimate of drug-likeness (QED) is 0.535. The maximum Gasteiger partial charge on any atom is 0.230 e. The molecule has 2 heterocycles. The van der Waals surface area contributed by atoms with Crippen molar-refractivity contribution < 1.29 is 4.79 Å². The van der Waals surface area contributed by atoms with Crippen molar-refractivity contribution in [2.75, 3.05) is 5.32 Å². The van der Waals surface area contributed by atoms with Crippen LogP contribution in [0.25, 0.3) is 16.9 Å². The Labute approximate surface area is 167 Å². The molecule has 0 atom stereocenters. The van der Waals surface area contributed by atoms with Gasteiger partial charge in [0.15, 0.2) is 0 Å². The summed E-state index contributed by atoms with van der Waals surface area (Å²) in [6, 6.07) is 22.6. The summed E-state index contributed by atoms with van der Waals surface area (Å²) in [7, 11) is 0. The summed E-state index contributed by atoms with van der Waals surface area (Å²) in [6.07, 6.45) is 3.71. The lowest BCUT2D eigenvalue weighted by atomic mass is 10.1. The first-order valence-electron chi connectivity index (χ1n) is 8.80. The van der Waals surface area contributed by atoms with Crippen LogP contribution in [0.5, 0.6) is 0 Å². The van der Waals surface area contributed by atoms with Crippen LogP contribution in [-0.2, 0) is 11.2 Å². The Morgan fingerprint density at radius 2 is 1.71 bits per heavy atom. The number of para-hydroxylation sites is 1. The number of rotatable bonds is 5. The molecule has 0 fully saturated rings. The lowest BCUT2D eigenvalue weighted by Gasteiger charge is -2.05. The molecule has 0 aliphatic carbocycles. The summed E-state index contributed by atoms with van der Waals surface area (Å²) in [5, 5.41) is 8.19. The number of amides is 1. The average molecular weight is 389 g/mol. The van der Waals surface area contributed by atoms with Crippen LogP contribution < -0.4 is 5.32 Å². The zero-order valence-electron chi connectivity index (χ0n) is 14.9. The second kappa shape index (κ2) is 8.06. The normalized spacial score (nSPS) is 10.6. The SMILES string of the molecule is O=C(Cc1cn(-c2ccccc2)nc1-c1ccc(Cl)cc1)Nc1ccccn1. The topological polar surface area (TPSA) is 59.8 Å². The fraction of sp³-hybridized carbons (Fsp3) is 0.0455. The van der Waals surface area contributed by atoms with Crippen LogP contribution in [-0.4, -0.2) is 20.7 Å². The van der Waals surface area contributed by atoms with E-state index in [2.05, 4.69) is 10.3 Å². The number of hydrogen-bond acceptors (Lipinski definition) is 3. The molecule has 0 aliphatic rings. The van der Waals surface area contributed by atoms with Crippen molar-refractivity contribution in [3.8, 4) is 16.9 Å². The Balaban J connectivity index is 1.67. The molecule has 0 aliphatic heterocycles. The van der Waals surface area contributed by atoms with Crippen LogP contribution in [0.3, 0.4) is 0 Å². The average Bonchev–Trinajstić information content (AvgIpc) is 3.13. The Morgan fingerprint density at radius 1 is 0.964 bits per heavy atom. The number of aromatic nitrogens is 3. The zero-order valence-corrected chi connectivity index (χ0v) is 15.7. The molecular weight excluding hydrogens is 372 g/mol. The fourth-order valence-corrected chi connectivity index (χ4v) is 3.03. The van der Waals surface area contributed by atoms with Gasteiger partial charge in [-0.2, -0.15) is 5.10 Å². The van der Waals surface area contributed by atoms with E-state index in [4.69, 9.17) is 16.7 Å². The molecule has 6 heteroatoms. The largest absolute Gasteiger partial charge is 0.310 e. The van der Waals surface area contributed by atoms with E-state index < -0.39 is 0 Å². The van der Waals surface area contributed by atoms with Gasteiger partial charge < -0.3 is 5.32 Å². The first-order chi connectivity index (χ1) is 13.7. The molecule has 0 radical (unpaired) electrons. The standard InChI is InChI=1S/C22H17ClN4O/c23-18-11-9-16(10-12-18)22-17(14-21(28)25-20-8-4-5-13-24-20)15-27(26-22)19-6-2-1-3-7-19/h1-13,15H,14H2,(H,24,25,28).